The van der Waals surface area contributed by atoms with Gasteiger partial charge in [-0.1, -0.05) is 88.4 Å². The number of ether oxygens (including phenoxy) is 1. The summed E-state index contributed by atoms with van der Waals surface area (Å²) in [6.07, 6.45) is 3.53. The normalized spacial score (nSPS) is 28.9. The lowest BCUT2D eigenvalue weighted by molar-refractivity contribution is -0.168. The van der Waals surface area contributed by atoms with Gasteiger partial charge in [-0.2, -0.15) is 0 Å². The third kappa shape index (κ3) is 3.95. The van der Waals surface area contributed by atoms with E-state index in [2.05, 4.69) is 69.3 Å². The van der Waals surface area contributed by atoms with Crippen molar-refractivity contribution in [3.05, 3.63) is 60.7 Å². The molecule has 3 heterocycles. The molecule has 2 aromatic carbocycles. The van der Waals surface area contributed by atoms with Crippen molar-refractivity contribution in [3.8, 4) is 0 Å². The highest BCUT2D eigenvalue weighted by Gasteiger charge is 2.59. The minimum absolute atomic E-state index is 0.000864. The first kappa shape index (κ1) is 24.3. The summed E-state index contributed by atoms with van der Waals surface area (Å²) in [5, 5.41) is 2.37. The fourth-order valence-corrected chi connectivity index (χ4v) is 11.4. The Morgan fingerprint density at radius 2 is 1.60 bits per heavy atom. The molecule has 3 fully saturated rings. The molecule has 3 aliphatic heterocycles. The van der Waals surface area contributed by atoms with Crippen LogP contribution in [0.25, 0.3) is 0 Å². The Morgan fingerprint density at radius 1 is 1.00 bits per heavy atom. The van der Waals surface area contributed by atoms with Crippen LogP contribution in [0.1, 0.15) is 59.8 Å². The number of benzene rings is 2. The third-order valence-electron chi connectivity index (χ3n) is 8.43. The zero-order valence-electron chi connectivity index (χ0n) is 21.3. The van der Waals surface area contributed by atoms with Gasteiger partial charge in [-0.05, 0) is 34.7 Å². The van der Waals surface area contributed by atoms with Crippen LogP contribution in [0.15, 0.2) is 60.7 Å². The zero-order valence-corrected chi connectivity index (χ0v) is 22.3. The van der Waals surface area contributed by atoms with E-state index in [1.54, 1.807) is 0 Å². The van der Waals surface area contributed by atoms with E-state index >= 15 is 0 Å². The van der Waals surface area contributed by atoms with Crippen LogP contribution in [0.4, 0.5) is 0 Å². The van der Waals surface area contributed by atoms with Gasteiger partial charge >= 0.3 is 5.97 Å². The average molecular weight is 492 g/mol. The van der Waals surface area contributed by atoms with Gasteiger partial charge in [-0.3, -0.25) is 9.59 Å². The van der Waals surface area contributed by atoms with Crippen molar-refractivity contribution in [1.82, 2.24) is 4.90 Å². The summed E-state index contributed by atoms with van der Waals surface area (Å²) in [6, 6.07) is 21.2. The fourth-order valence-electron chi connectivity index (χ4n) is 6.84. The molecule has 0 bridgehead atoms. The van der Waals surface area contributed by atoms with Crippen LogP contribution in [0.5, 0.6) is 0 Å². The molecule has 6 heteroatoms. The second-order valence-electron chi connectivity index (χ2n) is 11.6. The van der Waals surface area contributed by atoms with Crippen LogP contribution >= 0.6 is 0 Å². The minimum Gasteiger partial charge on any atom is -0.457 e. The van der Waals surface area contributed by atoms with Gasteiger partial charge < -0.3 is 14.1 Å². The molecule has 0 unspecified atom stereocenters. The van der Waals surface area contributed by atoms with E-state index in [9.17, 15) is 9.59 Å². The Labute approximate surface area is 209 Å². The molecule has 3 saturated heterocycles. The van der Waals surface area contributed by atoms with Gasteiger partial charge in [0.2, 0.25) is 5.91 Å². The predicted molar refractivity (Wildman–Crippen MR) is 139 cm³/mol. The van der Waals surface area contributed by atoms with Gasteiger partial charge in [0.25, 0.3) is 8.32 Å². The zero-order chi connectivity index (χ0) is 24.8. The molecule has 0 radical (unpaired) electrons. The van der Waals surface area contributed by atoms with Crippen LogP contribution in [-0.4, -0.2) is 49.4 Å². The van der Waals surface area contributed by atoms with Gasteiger partial charge in [-0.25, -0.2) is 0 Å². The number of amides is 1. The first-order chi connectivity index (χ1) is 16.7. The van der Waals surface area contributed by atoms with Gasteiger partial charge in [-0.15, -0.1) is 0 Å². The fraction of sp³-hybridized carbons (Fsp3) is 0.517. The van der Waals surface area contributed by atoms with E-state index < -0.39 is 13.9 Å². The summed E-state index contributed by atoms with van der Waals surface area (Å²) in [6.45, 7) is 9.26. The van der Waals surface area contributed by atoms with Crippen LogP contribution in [0.3, 0.4) is 0 Å². The predicted octanol–water partition coefficient (Wildman–Crippen LogP) is 4.04. The monoisotopic (exact) mass is 491 g/mol. The second kappa shape index (κ2) is 8.89. The Kier molecular flexibility index (Phi) is 6.17. The first-order valence-electron chi connectivity index (χ1n) is 13.0. The summed E-state index contributed by atoms with van der Waals surface area (Å²) in [7, 11) is -2.68. The summed E-state index contributed by atoms with van der Waals surface area (Å²) in [5.74, 6) is -0.0476. The molecule has 3 aliphatic rings. The van der Waals surface area contributed by atoms with Gasteiger partial charge in [0.05, 0.1) is 24.6 Å². The average Bonchev–Trinajstić information content (AvgIpc) is 3.40. The molecule has 4 atom stereocenters. The van der Waals surface area contributed by atoms with Gasteiger partial charge in [0, 0.05) is 12.8 Å². The van der Waals surface area contributed by atoms with Crippen LogP contribution in [0, 0.1) is 5.92 Å². The van der Waals surface area contributed by atoms with Crippen LogP contribution in [-0.2, 0) is 18.8 Å². The maximum Gasteiger partial charge on any atom is 0.309 e. The quantitative estimate of drug-likeness (QED) is 0.468. The third-order valence-corrected chi connectivity index (χ3v) is 13.4. The van der Waals surface area contributed by atoms with Gasteiger partial charge in [0.15, 0.2) is 0 Å². The Balaban J connectivity index is 1.47. The highest BCUT2D eigenvalue weighted by Crippen LogP contribution is 2.48. The molecule has 0 saturated carbocycles. The minimum atomic E-state index is -2.68. The number of hydrogen-bond donors (Lipinski definition) is 0. The van der Waals surface area contributed by atoms with Crippen molar-refractivity contribution >= 4 is 30.6 Å². The van der Waals surface area contributed by atoms with E-state index in [0.717, 1.165) is 12.8 Å². The molecule has 0 N–H and O–H groups in total. The largest absolute Gasteiger partial charge is 0.457 e. The molecule has 186 valence electrons. The number of esters is 1. The number of fused-ring (bicyclic) bond motifs is 2. The Bertz CT molecular complexity index is 1040. The maximum atomic E-state index is 13.2. The van der Waals surface area contributed by atoms with E-state index in [-0.39, 0.29) is 34.9 Å². The molecule has 1 amide bonds. The number of nitrogens with zero attached hydrogens (tertiary/aromatic N) is 1. The summed E-state index contributed by atoms with van der Waals surface area (Å²) < 4.78 is 13.2. The maximum absolute atomic E-state index is 13.2. The lowest BCUT2D eigenvalue weighted by Crippen LogP contribution is -2.67. The van der Waals surface area contributed by atoms with Crippen LogP contribution < -0.4 is 10.4 Å². The number of piperidine rings is 1. The van der Waals surface area contributed by atoms with Crippen molar-refractivity contribution in [2.45, 2.75) is 82.5 Å². The van der Waals surface area contributed by atoms with E-state index in [1.165, 1.54) is 10.4 Å². The summed E-state index contributed by atoms with van der Waals surface area (Å²) >= 11 is 0. The molecule has 0 aliphatic carbocycles. The molecular formula is C29H37NO4Si. The molecule has 1 spiro atoms. The summed E-state index contributed by atoms with van der Waals surface area (Å²) in [4.78, 5) is 27.6. The number of rotatable bonds is 5. The van der Waals surface area contributed by atoms with Crippen molar-refractivity contribution in [3.63, 3.8) is 0 Å². The lowest BCUT2D eigenvalue weighted by atomic mass is 9.80. The Morgan fingerprint density at radius 3 is 2.11 bits per heavy atom. The van der Waals surface area contributed by atoms with Crippen molar-refractivity contribution < 1.29 is 18.8 Å². The summed E-state index contributed by atoms with van der Waals surface area (Å²) in [5.41, 5.74) is -0.517. The topological polar surface area (TPSA) is 55.8 Å². The molecule has 2 aromatic rings. The molecule has 5 nitrogen and oxygen atoms in total. The smallest absolute Gasteiger partial charge is 0.309 e. The molecule has 5 rings (SSSR count). The number of carbonyl (C=O) groups is 2. The van der Waals surface area contributed by atoms with E-state index in [4.69, 9.17) is 9.16 Å². The van der Waals surface area contributed by atoms with Gasteiger partial charge in [0.1, 0.15) is 5.60 Å². The number of hydrogen-bond acceptors (Lipinski definition) is 4. The van der Waals surface area contributed by atoms with E-state index in [1.807, 2.05) is 24.0 Å². The van der Waals surface area contributed by atoms with Crippen molar-refractivity contribution in [1.29, 1.82) is 0 Å². The lowest BCUT2D eigenvalue weighted by Gasteiger charge is -2.47. The first-order valence-corrected chi connectivity index (χ1v) is 14.9. The number of carbonyl (C=O) groups excluding carboxylic acids is 2. The van der Waals surface area contributed by atoms with Crippen molar-refractivity contribution in [2.24, 2.45) is 5.92 Å². The standard InChI is InChI=1S/C29H37NO4Si/c1-21-19-29(34-27(21)32)18-17-26(31)30-22(15-16-25(29)30)20-33-35(28(2,3)4,23-11-7-5-8-12-23)24-13-9-6-10-14-24/h5-14,21-22,25H,15-20H2,1-4H3/t21-,22+,25+,29+/m1/s1. The molecule has 0 aromatic heterocycles. The molecule has 35 heavy (non-hydrogen) atoms. The Hall–Kier alpha value is -2.44. The highest BCUT2D eigenvalue weighted by atomic mass is 28.4. The van der Waals surface area contributed by atoms with Crippen molar-refractivity contribution in [2.75, 3.05) is 6.61 Å². The molecular weight excluding hydrogens is 454 g/mol. The second-order valence-corrected chi connectivity index (χ2v) is 15.9. The van der Waals surface area contributed by atoms with E-state index in [0.29, 0.717) is 25.9 Å². The SMILES string of the molecule is C[C@@H]1C[C@]2(CCC(=O)N3[C@H](CO[Si](c4ccccc4)(c4ccccc4)C(C)(C)C)CC[C@H]32)OC1=O. The van der Waals surface area contributed by atoms with Crippen LogP contribution in [0.2, 0.25) is 5.04 Å². The highest BCUT2D eigenvalue weighted by molar-refractivity contribution is 6.99.